The smallest absolute Gasteiger partial charge is 0.253 e. The highest BCUT2D eigenvalue weighted by atomic mass is 16.3. The van der Waals surface area contributed by atoms with Crippen LogP contribution in [-0.4, -0.2) is 25.8 Å². The van der Waals surface area contributed by atoms with Gasteiger partial charge in [-0.15, -0.1) is 0 Å². The van der Waals surface area contributed by atoms with Gasteiger partial charge in [-0.05, 0) is 12.1 Å². The van der Waals surface area contributed by atoms with Crippen LogP contribution in [0.5, 0.6) is 5.75 Å². The van der Waals surface area contributed by atoms with Crippen molar-refractivity contribution in [3.05, 3.63) is 42.0 Å². The molecule has 0 aliphatic rings. The minimum atomic E-state index is -0.283. The Morgan fingerprint density at radius 2 is 2.35 bits per heavy atom. The molecule has 0 saturated carbocycles. The van der Waals surface area contributed by atoms with Crippen molar-refractivity contribution < 1.29 is 9.90 Å². The first-order chi connectivity index (χ1) is 8.16. The van der Waals surface area contributed by atoms with Gasteiger partial charge >= 0.3 is 0 Å². The number of pyridine rings is 1. The van der Waals surface area contributed by atoms with E-state index in [-0.39, 0.29) is 11.7 Å². The van der Waals surface area contributed by atoms with Gasteiger partial charge in [-0.3, -0.25) is 14.5 Å². The zero-order valence-corrected chi connectivity index (χ0v) is 9.29. The molecule has 0 radical (unpaired) electrons. The fourth-order valence-electron chi connectivity index (χ4n) is 1.40. The van der Waals surface area contributed by atoms with E-state index >= 15 is 0 Å². The Balaban J connectivity index is 2.01. The third kappa shape index (κ3) is 2.60. The van der Waals surface area contributed by atoms with Crippen molar-refractivity contribution in [1.82, 2.24) is 20.1 Å². The minimum Gasteiger partial charge on any atom is -0.506 e. The molecule has 2 aromatic heterocycles. The Morgan fingerprint density at radius 1 is 1.53 bits per heavy atom. The molecule has 6 nitrogen and oxygen atoms in total. The molecule has 0 bridgehead atoms. The second-order valence-electron chi connectivity index (χ2n) is 3.56. The summed E-state index contributed by atoms with van der Waals surface area (Å²) in [6, 6.07) is 3.19. The number of aromatic nitrogens is 3. The highest BCUT2D eigenvalue weighted by molar-refractivity contribution is 5.94. The molecule has 0 spiro atoms. The van der Waals surface area contributed by atoms with Gasteiger partial charge in [0, 0.05) is 19.4 Å². The van der Waals surface area contributed by atoms with E-state index < -0.39 is 0 Å². The SMILES string of the molecule is Cn1nccc1CNC(=O)c1cncc(O)c1. The Bertz CT molecular complexity index is 536. The van der Waals surface area contributed by atoms with E-state index in [9.17, 15) is 9.90 Å². The van der Waals surface area contributed by atoms with E-state index in [0.717, 1.165) is 5.69 Å². The Morgan fingerprint density at radius 3 is 3.00 bits per heavy atom. The van der Waals surface area contributed by atoms with Crippen LogP contribution in [0.1, 0.15) is 16.1 Å². The maximum absolute atomic E-state index is 11.7. The lowest BCUT2D eigenvalue weighted by atomic mass is 10.2. The summed E-state index contributed by atoms with van der Waals surface area (Å²) in [5.74, 6) is -0.312. The number of hydrogen-bond acceptors (Lipinski definition) is 4. The fraction of sp³-hybridized carbons (Fsp3) is 0.182. The van der Waals surface area contributed by atoms with Crippen molar-refractivity contribution in [2.45, 2.75) is 6.54 Å². The molecular formula is C11H12N4O2. The topological polar surface area (TPSA) is 80.0 Å². The first-order valence-electron chi connectivity index (χ1n) is 5.06. The summed E-state index contributed by atoms with van der Waals surface area (Å²) in [5.41, 5.74) is 1.22. The standard InChI is InChI=1S/C11H12N4O2/c1-15-9(2-3-14-15)6-13-11(17)8-4-10(16)7-12-5-8/h2-5,7,16H,6H2,1H3,(H,13,17). The van der Waals surface area contributed by atoms with E-state index in [1.54, 1.807) is 17.9 Å². The second kappa shape index (κ2) is 4.65. The molecule has 1 amide bonds. The van der Waals surface area contributed by atoms with Gasteiger partial charge in [0.1, 0.15) is 5.75 Å². The number of amides is 1. The second-order valence-corrected chi connectivity index (χ2v) is 3.56. The van der Waals surface area contributed by atoms with Crippen molar-refractivity contribution in [3.8, 4) is 5.75 Å². The quantitative estimate of drug-likeness (QED) is 0.805. The normalized spacial score (nSPS) is 10.2. The van der Waals surface area contributed by atoms with Gasteiger partial charge < -0.3 is 10.4 Å². The van der Waals surface area contributed by atoms with Crippen LogP contribution in [-0.2, 0) is 13.6 Å². The lowest BCUT2D eigenvalue weighted by molar-refractivity contribution is 0.0949. The summed E-state index contributed by atoms with van der Waals surface area (Å²) in [6.45, 7) is 0.380. The summed E-state index contributed by atoms with van der Waals surface area (Å²) in [4.78, 5) is 15.5. The van der Waals surface area contributed by atoms with Crippen LogP contribution < -0.4 is 5.32 Å². The van der Waals surface area contributed by atoms with Crippen molar-refractivity contribution >= 4 is 5.91 Å². The molecule has 6 heteroatoms. The first kappa shape index (κ1) is 11.1. The predicted octanol–water partition coefficient (Wildman–Crippen LogP) is 0.451. The van der Waals surface area contributed by atoms with Gasteiger partial charge in [0.25, 0.3) is 5.91 Å². The number of aryl methyl sites for hydroxylation is 1. The molecule has 0 aromatic carbocycles. The van der Waals surface area contributed by atoms with E-state index in [0.29, 0.717) is 12.1 Å². The lowest BCUT2D eigenvalue weighted by Gasteiger charge is -2.05. The van der Waals surface area contributed by atoms with Crippen LogP contribution in [0, 0.1) is 0 Å². The third-order valence-electron chi connectivity index (χ3n) is 2.34. The maximum Gasteiger partial charge on any atom is 0.253 e. The van der Waals surface area contributed by atoms with Gasteiger partial charge in [0.15, 0.2) is 0 Å². The maximum atomic E-state index is 11.7. The van der Waals surface area contributed by atoms with E-state index in [1.807, 2.05) is 6.07 Å². The Labute approximate surface area is 97.9 Å². The van der Waals surface area contributed by atoms with Crippen molar-refractivity contribution in [1.29, 1.82) is 0 Å². The number of carbonyl (C=O) groups excluding carboxylic acids is 1. The number of rotatable bonds is 3. The fourth-order valence-corrected chi connectivity index (χ4v) is 1.40. The molecule has 2 heterocycles. The van der Waals surface area contributed by atoms with Gasteiger partial charge in [0.2, 0.25) is 0 Å². The molecule has 2 rings (SSSR count). The summed E-state index contributed by atoms with van der Waals surface area (Å²) < 4.78 is 1.68. The molecular weight excluding hydrogens is 220 g/mol. The van der Waals surface area contributed by atoms with Crippen LogP contribution in [0.15, 0.2) is 30.7 Å². The summed E-state index contributed by atoms with van der Waals surface area (Å²) in [7, 11) is 1.80. The molecule has 0 aliphatic heterocycles. The number of aromatic hydroxyl groups is 1. The van der Waals surface area contributed by atoms with E-state index in [4.69, 9.17) is 0 Å². The highest BCUT2D eigenvalue weighted by Gasteiger charge is 2.07. The number of nitrogens with zero attached hydrogens (tertiary/aromatic N) is 3. The number of nitrogens with one attached hydrogen (secondary N) is 1. The van der Waals surface area contributed by atoms with Crippen LogP contribution in [0.4, 0.5) is 0 Å². The van der Waals surface area contributed by atoms with Crippen molar-refractivity contribution in [2.75, 3.05) is 0 Å². The zero-order chi connectivity index (χ0) is 12.3. The average molecular weight is 232 g/mol. The molecule has 0 atom stereocenters. The van der Waals surface area contributed by atoms with E-state index in [2.05, 4.69) is 15.4 Å². The summed E-state index contributed by atoms with van der Waals surface area (Å²) in [5, 5.41) is 15.9. The van der Waals surface area contributed by atoms with Crippen LogP contribution >= 0.6 is 0 Å². The molecule has 0 unspecified atom stereocenters. The predicted molar refractivity (Wildman–Crippen MR) is 60.3 cm³/mol. The van der Waals surface area contributed by atoms with Crippen LogP contribution in [0.3, 0.4) is 0 Å². The van der Waals surface area contributed by atoms with Gasteiger partial charge in [-0.1, -0.05) is 0 Å². The molecule has 0 fully saturated rings. The average Bonchev–Trinajstić information content (AvgIpc) is 2.72. The number of carbonyl (C=O) groups is 1. The molecule has 2 aromatic rings. The van der Waals surface area contributed by atoms with Gasteiger partial charge in [-0.25, -0.2) is 0 Å². The molecule has 2 N–H and O–H groups in total. The lowest BCUT2D eigenvalue weighted by Crippen LogP contribution is -2.24. The first-order valence-corrected chi connectivity index (χ1v) is 5.06. The molecule has 0 saturated heterocycles. The van der Waals surface area contributed by atoms with Crippen molar-refractivity contribution in [3.63, 3.8) is 0 Å². The minimum absolute atomic E-state index is 0.0295. The zero-order valence-electron chi connectivity index (χ0n) is 9.29. The molecule has 17 heavy (non-hydrogen) atoms. The third-order valence-corrected chi connectivity index (χ3v) is 2.34. The van der Waals surface area contributed by atoms with Crippen LogP contribution in [0.25, 0.3) is 0 Å². The number of hydrogen-bond donors (Lipinski definition) is 2. The van der Waals surface area contributed by atoms with E-state index in [1.165, 1.54) is 18.5 Å². The van der Waals surface area contributed by atoms with Gasteiger partial charge in [-0.2, -0.15) is 5.10 Å². The molecule has 88 valence electrons. The highest BCUT2D eigenvalue weighted by Crippen LogP contribution is 2.08. The Hall–Kier alpha value is -2.37. The van der Waals surface area contributed by atoms with Gasteiger partial charge in [0.05, 0.1) is 24.0 Å². The molecule has 0 aliphatic carbocycles. The largest absolute Gasteiger partial charge is 0.506 e. The van der Waals surface area contributed by atoms with Crippen molar-refractivity contribution in [2.24, 2.45) is 7.05 Å². The summed E-state index contributed by atoms with van der Waals surface area (Å²) in [6.07, 6.45) is 4.34. The van der Waals surface area contributed by atoms with Crippen LogP contribution in [0.2, 0.25) is 0 Å². The monoisotopic (exact) mass is 232 g/mol. The Kier molecular flexibility index (Phi) is 3.04. The summed E-state index contributed by atoms with van der Waals surface area (Å²) >= 11 is 0.